The molecule has 0 radical (unpaired) electrons. The highest BCUT2D eigenvalue weighted by atomic mass is 35.5. The van der Waals surface area contributed by atoms with Crippen LogP contribution in [0.3, 0.4) is 0 Å². The van der Waals surface area contributed by atoms with E-state index in [0.717, 1.165) is 11.3 Å². The largest absolute Gasteiger partial charge is 0.355 e. The van der Waals surface area contributed by atoms with Gasteiger partial charge in [-0.2, -0.15) is 0 Å². The van der Waals surface area contributed by atoms with Crippen LogP contribution in [0.4, 0.5) is 15.8 Å². The quantitative estimate of drug-likeness (QED) is 0.824. The van der Waals surface area contributed by atoms with Gasteiger partial charge in [-0.25, -0.2) is 4.39 Å². The Morgan fingerprint density at radius 3 is 2.76 bits per heavy atom. The van der Waals surface area contributed by atoms with Crippen molar-refractivity contribution in [2.75, 3.05) is 5.32 Å². The molecule has 1 aliphatic rings. The van der Waals surface area contributed by atoms with E-state index in [2.05, 4.69) is 5.32 Å². The van der Waals surface area contributed by atoms with Crippen molar-refractivity contribution in [3.63, 3.8) is 0 Å². The van der Waals surface area contributed by atoms with Crippen LogP contribution in [0, 0.1) is 12.7 Å². The summed E-state index contributed by atoms with van der Waals surface area (Å²) in [5.74, 6) is -0.398. The smallest absolute Gasteiger partial charge is 0.165 e. The number of ketones is 1. The van der Waals surface area contributed by atoms with Crippen LogP contribution in [0.15, 0.2) is 30.3 Å². The zero-order valence-corrected chi connectivity index (χ0v) is 12.6. The van der Waals surface area contributed by atoms with Gasteiger partial charge in [0.1, 0.15) is 5.82 Å². The minimum absolute atomic E-state index is 0.0146. The number of fused-ring (bicyclic) bond motifs is 1. The Kier molecular flexibility index (Phi) is 3.46. The predicted octanol–water partition coefficient (Wildman–Crippen LogP) is 5.22. The van der Waals surface area contributed by atoms with Gasteiger partial charge in [0, 0.05) is 33.9 Å². The van der Waals surface area contributed by atoms with Crippen molar-refractivity contribution < 1.29 is 9.18 Å². The second-order valence-corrected chi connectivity index (χ2v) is 5.93. The number of carbonyl (C=O) groups excluding carboxylic acids is 1. The molecule has 2 aromatic carbocycles. The first-order chi connectivity index (χ1) is 9.97. The number of nitrogens with one attached hydrogen (secondary N) is 1. The van der Waals surface area contributed by atoms with Crippen molar-refractivity contribution in [1.29, 1.82) is 0 Å². The normalized spacial score (nSPS) is 17.0. The molecule has 2 nitrogen and oxygen atoms in total. The average molecular weight is 304 g/mol. The fourth-order valence-corrected chi connectivity index (χ4v) is 3.01. The van der Waals surface area contributed by atoms with Gasteiger partial charge >= 0.3 is 0 Å². The molecule has 0 saturated carbocycles. The molecular weight excluding hydrogens is 289 g/mol. The zero-order chi connectivity index (χ0) is 15.1. The van der Waals surface area contributed by atoms with Crippen LogP contribution in [0.2, 0.25) is 5.02 Å². The van der Waals surface area contributed by atoms with E-state index in [1.54, 1.807) is 12.1 Å². The second kappa shape index (κ2) is 5.15. The number of Topliss-reactive ketones (excluding diaryl/α,β-unsaturated/α-hetero) is 1. The van der Waals surface area contributed by atoms with Crippen molar-refractivity contribution in [2.45, 2.75) is 26.2 Å². The topological polar surface area (TPSA) is 29.1 Å². The molecule has 0 aliphatic heterocycles. The first kappa shape index (κ1) is 14.1. The molecule has 0 saturated heterocycles. The van der Waals surface area contributed by atoms with Crippen LogP contribution >= 0.6 is 11.6 Å². The monoisotopic (exact) mass is 303 g/mol. The van der Waals surface area contributed by atoms with Gasteiger partial charge in [0.05, 0.1) is 0 Å². The summed E-state index contributed by atoms with van der Waals surface area (Å²) in [6.45, 7) is 3.83. The van der Waals surface area contributed by atoms with Crippen LogP contribution in [-0.2, 0) is 0 Å². The number of rotatable bonds is 2. The molecule has 0 fully saturated rings. The summed E-state index contributed by atoms with van der Waals surface area (Å²) < 4.78 is 14.0. The Bertz CT molecular complexity index is 742. The highest BCUT2D eigenvalue weighted by molar-refractivity contribution is 6.30. The fraction of sp³-hybridized carbons (Fsp3) is 0.235. The van der Waals surface area contributed by atoms with Gasteiger partial charge in [0.15, 0.2) is 5.78 Å². The number of halogens is 2. The number of carbonyl (C=O) groups is 1. The molecule has 0 heterocycles. The zero-order valence-electron chi connectivity index (χ0n) is 11.8. The summed E-state index contributed by atoms with van der Waals surface area (Å²) in [6.07, 6.45) is 0.361. The van der Waals surface area contributed by atoms with Crippen LogP contribution in [0.1, 0.15) is 40.7 Å². The molecule has 4 heteroatoms. The highest BCUT2D eigenvalue weighted by Gasteiger charge is 2.31. The van der Waals surface area contributed by atoms with Gasteiger partial charge in [-0.1, -0.05) is 24.6 Å². The maximum Gasteiger partial charge on any atom is 0.165 e. The van der Waals surface area contributed by atoms with Crippen LogP contribution < -0.4 is 5.32 Å². The van der Waals surface area contributed by atoms with Crippen molar-refractivity contribution in [1.82, 2.24) is 0 Å². The van der Waals surface area contributed by atoms with Crippen molar-refractivity contribution in [3.8, 4) is 0 Å². The van der Waals surface area contributed by atoms with E-state index in [0.29, 0.717) is 28.3 Å². The summed E-state index contributed by atoms with van der Waals surface area (Å²) in [5.41, 5.74) is 3.47. The first-order valence-electron chi connectivity index (χ1n) is 6.86. The minimum Gasteiger partial charge on any atom is -0.355 e. The lowest BCUT2D eigenvalue weighted by Crippen LogP contribution is -2.02. The average Bonchev–Trinajstić information content (AvgIpc) is 2.73. The van der Waals surface area contributed by atoms with E-state index >= 15 is 0 Å². The van der Waals surface area contributed by atoms with Crippen molar-refractivity contribution in [2.24, 2.45) is 0 Å². The summed E-state index contributed by atoms with van der Waals surface area (Å²) in [6, 6.07) is 8.54. The van der Waals surface area contributed by atoms with Gasteiger partial charge in [0.2, 0.25) is 0 Å². The molecule has 0 spiro atoms. The second-order valence-electron chi connectivity index (χ2n) is 5.50. The molecule has 108 valence electrons. The number of hydrogen-bond donors (Lipinski definition) is 1. The molecule has 0 aromatic heterocycles. The molecule has 1 atom stereocenters. The van der Waals surface area contributed by atoms with E-state index in [4.69, 9.17) is 11.6 Å². The Balaban J connectivity index is 2.09. The molecular formula is C17H15ClFNO. The summed E-state index contributed by atoms with van der Waals surface area (Å²) in [7, 11) is 0. The Hall–Kier alpha value is -1.87. The molecule has 3 rings (SSSR count). The Morgan fingerprint density at radius 1 is 1.24 bits per heavy atom. The molecule has 1 aliphatic carbocycles. The number of anilines is 2. The minimum atomic E-state index is -0.309. The molecule has 21 heavy (non-hydrogen) atoms. The van der Waals surface area contributed by atoms with E-state index in [1.807, 2.05) is 26.0 Å². The Labute approximate surface area is 127 Å². The maximum absolute atomic E-state index is 14.0. The predicted molar refractivity (Wildman–Crippen MR) is 83.2 cm³/mol. The van der Waals surface area contributed by atoms with E-state index < -0.39 is 0 Å². The van der Waals surface area contributed by atoms with Crippen LogP contribution in [-0.4, -0.2) is 5.78 Å². The summed E-state index contributed by atoms with van der Waals surface area (Å²) in [4.78, 5) is 12.2. The van der Waals surface area contributed by atoms with E-state index in [-0.39, 0.29) is 17.5 Å². The molecule has 2 aromatic rings. The third kappa shape index (κ3) is 2.42. The van der Waals surface area contributed by atoms with Crippen LogP contribution in [0.5, 0.6) is 0 Å². The first-order valence-corrected chi connectivity index (χ1v) is 7.24. The number of benzene rings is 2. The van der Waals surface area contributed by atoms with Crippen molar-refractivity contribution >= 4 is 28.8 Å². The lowest BCUT2D eigenvalue weighted by molar-refractivity contribution is 0.0991. The van der Waals surface area contributed by atoms with Crippen molar-refractivity contribution in [3.05, 3.63) is 57.9 Å². The van der Waals surface area contributed by atoms with E-state index in [1.165, 1.54) is 6.07 Å². The molecule has 0 unspecified atom stereocenters. The lowest BCUT2D eigenvalue weighted by Gasteiger charge is -2.14. The molecule has 1 N–H and O–H groups in total. The summed E-state index contributed by atoms with van der Waals surface area (Å²) >= 11 is 6.01. The summed E-state index contributed by atoms with van der Waals surface area (Å²) in [5, 5.41) is 3.83. The van der Waals surface area contributed by atoms with Gasteiger partial charge < -0.3 is 5.32 Å². The standard InChI is InChI=1S/C17H15ClFNO/c1-9-3-4-11(18)8-14(9)20-13-6-5-12(19)16-10(2)7-15(21)17(13)16/h3-6,8,10,20H,7H2,1-2H3/t10-/m0/s1. The maximum atomic E-state index is 14.0. The molecule has 0 amide bonds. The number of hydrogen-bond acceptors (Lipinski definition) is 2. The SMILES string of the molecule is Cc1ccc(Cl)cc1Nc1ccc(F)c2c1C(=O)C[C@@H]2C. The van der Waals surface area contributed by atoms with Gasteiger partial charge in [-0.15, -0.1) is 0 Å². The van der Waals surface area contributed by atoms with Gasteiger partial charge in [0.25, 0.3) is 0 Å². The number of aryl methyl sites for hydroxylation is 1. The fourth-order valence-electron chi connectivity index (χ4n) is 2.84. The third-order valence-corrected chi connectivity index (χ3v) is 4.16. The Morgan fingerprint density at radius 2 is 2.00 bits per heavy atom. The third-order valence-electron chi connectivity index (χ3n) is 3.92. The van der Waals surface area contributed by atoms with Gasteiger partial charge in [-0.05, 0) is 42.7 Å². The lowest BCUT2D eigenvalue weighted by atomic mass is 10.0. The van der Waals surface area contributed by atoms with Gasteiger partial charge in [-0.3, -0.25) is 4.79 Å². The highest BCUT2D eigenvalue weighted by Crippen LogP contribution is 2.40. The molecule has 0 bridgehead atoms. The van der Waals surface area contributed by atoms with E-state index in [9.17, 15) is 9.18 Å². The van der Waals surface area contributed by atoms with Crippen LogP contribution in [0.25, 0.3) is 0 Å².